The third-order valence-corrected chi connectivity index (χ3v) is 2.88. The van der Waals surface area contributed by atoms with E-state index in [0.717, 1.165) is 23.1 Å². The van der Waals surface area contributed by atoms with Gasteiger partial charge in [-0.25, -0.2) is 0 Å². The second-order valence-electron chi connectivity index (χ2n) is 4.29. The molecule has 0 aromatic heterocycles. The predicted octanol–water partition coefficient (Wildman–Crippen LogP) is 2.47. The van der Waals surface area contributed by atoms with E-state index in [9.17, 15) is 0 Å². The fourth-order valence-corrected chi connectivity index (χ4v) is 1.91. The average Bonchev–Trinajstić information content (AvgIpc) is 2.45. The molecular formula is C16H17O2. The second-order valence-corrected chi connectivity index (χ2v) is 4.29. The van der Waals surface area contributed by atoms with Crippen molar-refractivity contribution in [1.82, 2.24) is 0 Å². The van der Waals surface area contributed by atoms with Crippen LogP contribution in [-0.2, 0) is 19.6 Å². The number of hydrogen-bond acceptors (Lipinski definition) is 2. The maximum absolute atomic E-state index is 9.08. The van der Waals surface area contributed by atoms with Gasteiger partial charge in [0, 0.05) is 0 Å². The molecule has 2 heteroatoms. The molecular weight excluding hydrogens is 224 g/mol. The molecule has 0 aliphatic carbocycles. The zero-order chi connectivity index (χ0) is 12.8. The van der Waals surface area contributed by atoms with E-state index in [1.165, 1.54) is 5.56 Å². The average molecular weight is 241 g/mol. The second kappa shape index (κ2) is 6.34. The lowest BCUT2D eigenvalue weighted by atomic mass is 10.0. The van der Waals surface area contributed by atoms with Gasteiger partial charge in [-0.15, -0.1) is 0 Å². The van der Waals surface area contributed by atoms with Crippen molar-refractivity contribution in [2.75, 3.05) is 0 Å². The van der Waals surface area contributed by atoms with Crippen molar-refractivity contribution in [3.8, 4) is 0 Å². The summed E-state index contributed by atoms with van der Waals surface area (Å²) in [7, 11) is 0. The molecule has 0 aliphatic heterocycles. The van der Waals surface area contributed by atoms with E-state index < -0.39 is 0 Å². The Labute approximate surface area is 108 Å². The minimum absolute atomic E-state index is 0.0711. The molecule has 0 saturated heterocycles. The number of aliphatic hydroxyl groups excluding tert-OH is 2. The summed E-state index contributed by atoms with van der Waals surface area (Å²) in [5.74, 6) is 0. The Bertz CT molecular complexity index is 458. The van der Waals surface area contributed by atoms with Crippen LogP contribution in [0, 0.1) is 6.42 Å². The van der Waals surface area contributed by atoms with E-state index in [4.69, 9.17) is 10.2 Å². The first-order chi connectivity index (χ1) is 8.81. The highest BCUT2D eigenvalue weighted by Gasteiger charge is 1.99. The summed E-state index contributed by atoms with van der Waals surface area (Å²) in [6.07, 6.45) is 2.94. The molecule has 0 amide bonds. The normalized spacial score (nSPS) is 10.6. The monoisotopic (exact) mass is 241 g/mol. The number of rotatable bonds is 5. The fourth-order valence-electron chi connectivity index (χ4n) is 1.91. The summed E-state index contributed by atoms with van der Waals surface area (Å²) in [6, 6.07) is 15.8. The highest BCUT2D eigenvalue weighted by molar-refractivity contribution is 5.32. The van der Waals surface area contributed by atoms with E-state index in [-0.39, 0.29) is 13.2 Å². The van der Waals surface area contributed by atoms with Gasteiger partial charge >= 0.3 is 0 Å². The molecule has 2 nitrogen and oxygen atoms in total. The van der Waals surface area contributed by atoms with Gasteiger partial charge < -0.3 is 10.2 Å². The predicted molar refractivity (Wildman–Crippen MR) is 71.8 cm³/mol. The van der Waals surface area contributed by atoms with Gasteiger partial charge in [0.25, 0.3) is 0 Å². The highest BCUT2D eigenvalue weighted by atomic mass is 16.3. The first-order valence-electron chi connectivity index (χ1n) is 6.03. The number of benzene rings is 2. The largest absolute Gasteiger partial charge is 0.392 e. The van der Waals surface area contributed by atoms with Gasteiger partial charge in [0.05, 0.1) is 13.2 Å². The maximum Gasteiger partial charge on any atom is 0.0681 e. The van der Waals surface area contributed by atoms with Gasteiger partial charge in [0.2, 0.25) is 0 Å². The van der Waals surface area contributed by atoms with Gasteiger partial charge in [0.1, 0.15) is 0 Å². The van der Waals surface area contributed by atoms with E-state index in [1.54, 1.807) is 0 Å². The summed E-state index contributed by atoms with van der Waals surface area (Å²) >= 11 is 0. The molecule has 0 heterocycles. The molecule has 0 bridgehead atoms. The zero-order valence-corrected chi connectivity index (χ0v) is 10.2. The molecule has 2 aromatic rings. The van der Waals surface area contributed by atoms with Crippen LogP contribution in [0.2, 0.25) is 0 Å². The van der Waals surface area contributed by atoms with Crippen LogP contribution < -0.4 is 0 Å². The first kappa shape index (κ1) is 12.8. The van der Waals surface area contributed by atoms with Gasteiger partial charge in [-0.05, 0) is 35.1 Å². The molecule has 0 atom stereocenters. The summed E-state index contributed by atoms with van der Waals surface area (Å²) in [5.41, 5.74) is 4.14. The minimum Gasteiger partial charge on any atom is -0.392 e. The Balaban J connectivity index is 2.01. The summed E-state index contributed by atoms with van der Waals surface area (Å²) < 4.78 is 0. The third-order valence-electron chi connectivity index (χ3n) is 2.88. The van der Waals surface area contributed by atoms with E-state index in [0.29, 0.717) is 0 Å². The molecule has 18 heavy (non-hydrogen) atoms. The van der Waals surface area contributed by atoms with Crippen molar-refractivity contribution >= 4 is 0 Å². The van der Waals surface area contributed by atoms with E-state index >= 15 is 0 Å². The molecule has 93 valence electrons. The Kier molecular flexibility index (Phi) is 4.51. The Morgan fingerprint density at radius 1 is 0.778 bits per heavy atom. The van der Waals surface area contributed by atoms with Crippen LogP contribution in [0.25, 0.3) is 0 Å². The Hall–Kier alpha value is -1.64. The molecule has 0 unspecified atom stereocenters. The molecule has 2 aromatic carbocycles. The van der Waals surface area contributed by atoms with Gasteiger partial charge in [-0.2, -0.15) is 0 Å². The standard InChI is InChI=1S/C16H17O2/c17-11-15-5-1-3-13(9-15)7-8-14-4-2-6-16(10-14)12-18/h1-7,9-10,17-18H,8,11-12H2. The van der Waals surface area contributed by atoms with Gasteiger partial charge in [-0.1, -0.05) is 48.5 Å². The molecule has 0 aliphatic rings. The molecule has 0 spiro atoms. The van der Waals surface area contributed by atoms with Crippen molar-refractivity contribution in [3.05, 3.63) is 77.2 Å². The molecule has 0 saturated carbocycles. The van der Waals surface area contributed by atoms with E-state index in [2.05, 4.69) is 6.42 Å². The van der Waals surface area contributed by atoms with Gasteiger partial charge in [-0.3, -0.25) is 0 Å². The van der Waals surface area contributed by atoms with Crippen molar-refractivity contribution in [3.63, 3.8) is 0 Å². The number of aliphatic hydroxyl groups is 2. The smallest absolute Gasteiger partial charge is 0.0681 e. The molecule has 2 N–H and O–H groups in total. The molecule has 1 radical (unpaired) electrons. The van der Waals surface area contributed by atoms with Crippen LogP contribution in [-0.4, -0.2) is 10.2 Å². The fraction of sp³-hybridized carbons (Fsp3) is 0.188. The topological polar surface area (TPSA) is 40.5 Å². The minimum atomic E-state index is 0.0711. The molecule has 2 rings (SSSR count). The maximum atomic E-state index is 9.08. The van der Waals surface area contributed by atoms with Crippen LogP contribution >= 0.6 is 0 Å². The van der Waals surface area contributed by atoms with E-state index in [1.807, 2.05) is 48.5 Å². The van der Waals surface area contributed by atoms with Crippen LogP contribution in [0.5, 0.6) is 0 Å². The third kappa shape index (κ3) is 3.42. The zero-order valence-electron chi connectivity index (χ0n) is 10.2. The number of hydrogen-bond donors (Lipinski definition) is 2. The highest BCUT2D eigenvalue weighted by Crippen LogP contribution is 2.13. The summed E-state index contributed by atoms with van der Waals surface area (Å²) in [5, 5.41) is 18.2. The van der Waals surface area contributed by atoms with Crippen molar-refractivity contribution < 1.29 is 10.2 Å². The van der Waals surface area contributed by atoms with Crippen molar-refractivity contribution in [1.29, 1.82) is 0 Å². The quantitative estimate of drug-likeness (QED) is 0.844. The van der Waals surface area contributed by atoms with Crippen LogP contribution in [0.1, 0.15) is 22.3 Å². The lowest BCUT2D eigenvalue weighted by Crippen LogP contribution is -1.92. The lowest BCUT2D eigenvalue weighted by molar-refractivity contribution is 0.281. The molecule has 0 fully saturated rings. The Morgan fingerprint density at radius 2 is 1.39 bits per heavy atom. The van der Waals surface area contributed by atoms with Crippen LogP contribution in [0.4, 0.5) is 0 Å². The van der Waals surface area contributed by atoms with Crippen LogP contribution in [0.3, 0.4) is 0 Å². The lowest BCUT2D eigenvalue weighted by Gasteiger charge is -2.05. The van der Waals surface area contributed by atoms with Crippen molar-refractivity contribution in [2.45, 2.75) is 19.6 Å². The summed E-state index contributed by atoms with van der Waals surface area (Å²) in [6.45, 7) is 0.148. The van der Waals surface area contributed by atoms with Crippen LogP contribution in [0.15, 0.2) is 48.5 Å². The SMILES string of the molecule is OCc1cccc([CH]Cc2cccc(CO)c2)c1. The van der Waals surface area contributed by atoms with Crippen molar-refractivity contribution in [2.24, 2.45) is 0 Å². The first-order valence-corrected chi connectivity index (χ1v) is 6.03. The van der Waals surface area contributed by atoms with Gasteiger partial charge in [0.15, 0.2) is 0 Å². The summed E-state index contributed by atoms with van der Waals surface area (Å²) in [4.78, 5) is 0. The Morgan fingerprint density at radius 3 is 2.11 bits per heavy atom.